The zero-order chi connectivity index (χ0) is 15.4. The summed E-state index contributed by atoms with van der Waals surface area (Å²) in [5.41, 5.74) is 6.06. The SMILES string of the molecule is CC(C)N1CC(COc2ccc(CC(N)=O)cc2)OC1C. The van der Waals surface area contributed by atoms with Gasteiger partial charge in [0.15, 0.2) is 0 Å². The Morgan fingerprint density at radius 1 is 1.43 bits per heavy atom. The van der Waals surface area contributed by atoms with E-state index in [0.717, 1.165) is 17.9 Å². The Balaban J connectivity index is 1.82. The van der Waals surface area contributed by atoms with Gasteiger partial charge in [0.1, 0.15) is 24.7 Å². The van der Waals surface area contributed by atoms with E-state index in [-0.39, 0.29) is 24.7 Å². The molecule has 2 N–H and O–H groups in total. The highest BCUT2D eigenvalue weighted by Gasteiger charge is 2.31. The highest BCUT2D eigenvalue weighted by atomic mass is 16.6. The van der Waals surface area contributed by atoms with E-state index in [1.54, 1.807) is 0 Å². The quantitative estimate of drug-likeness (QED) is 0.864. The molecule has 0 spiro atoms. The molecule has 1 amide bonds. The molecule has 2 rings (SSSR count). The van der Waals surface area contributed by atoms with Gasteiger partial charge in [-0.25, -0.2) is 0 Å². The highest BCUT2D eigenvalue weighted by molar-refractivity contribution is 5.76. The molecular weight excluding hydrogens is 268 g/mol. The lowest BCUT2D eigenvalue weighted by molar-refractivity contribution is -0.117. The molecule has 1 aliphatic heterocycles. The van der Waals surface area contributed by atoms with Crippen LogP contribution in [0.2, 0.25) is 0 Å². The summed E-state index contributed by atoms with van der Waals surface area (Å²) in [6.45, 7) is 7.82. The number of hydrogen-bond donors (Lipinski definition) is 1. The number of carbonyl (C=O) groups is 1. The highest BCUT2D eigenvalue weighted by Crippen LogP contribution is 2.20. The van der Waals surface area contributed by atoms with Crippen molar-refractivity contribution < 1.29 is 14.3 Å². The van der Waals surface area contributed by atoms with Crippen LogP contribution in [0, 0.1) is 0 Å². The van der Waals surface area contributed by atoms with Gasteiger partial charge < -0.3 is 15.2 Å². The van der Waals surface area contributed by atoms with Crippen molar-refractivity contribution in [2.24, 2.45) is 5.73 Å². The predicted octanol–water partition coefficient (Wildman–Crippen LogP) is 1.55. The maximum atomic E-state index is 10.8. The van der Waals surface area contributed by atoms with E-state index in [0.29, 0.717) is 12.6 Å². The van der Waals surface area contributed by atoms with E-state index in [1.807, 2.05) is 24.3 Å². The molecule has 1 saturated heterocycles. The van der Waals surface area contributed by atoms with Gasteiger partial charge in [-0.15, -0.1) is 0 Å². The topological polar surface area (TPSA) is 64.8 Å². The maximum Gasteiger partial charge on any atom is 0.221 e. The van der Waals surface area contributed by atoms with Gasteiger partial charge in [-0.3, -0.25) is 9.69 Å². The minimum absolute atomic E-state index is 0.0905. The van der Waals surface area contributed by atoms with Gasteiger partial charge in [0.2, 0.25) is 5.91 Å². The van der Waals surface area contributed by atoms with E-state index in [1.165, 1.54) is 0 Å². The summed E-state index contributed by atoms with van der Waals surface area (Å²) in [6, 6.07) is 7.91. The van der Waals surface area contributed by atoms with Crippen LogP contribution in [0.1, 0.15) is 26.3 Å². The molecule has 0 saturated carbocycles. The third-order valence-electron chi connectivity index (χ3n) is 3.67. The van der Waals surface area contributed by atoms with Crippen LogP contribution < -0.4 is 10.5 Å². The van der Waals surface area contributed by atoms with Crippen LogP contribution in [0.25, 0.3) is 0 Å². The van der Waals surface area contributed by atoms with Gasteiger partial charge in [-0.05, 0) is 38.5 Å². The minimum atomic E-state index is -0.328. The number of hydrogen-bond acceptors (Lipinski definition) is 4. The Morgan fingerprint density at radius 2 is 2.10 bits per heavy atom. The van der Waals surface area contributed by atoms with Crippen LogP contribution in [0.5, 0.6) is 5.75 Å². The molecule has 116 valence electrons. The molecule has 5 heteroatoms. The third kappa shape index (κ3) is 4.44. The second kappa shape index (κ2) is 6.91. The summed E-state index contributed by atoms with van der Waals surface area (Å²) in [5, 5.41) is 0. The standard InChI is InChI=1S/C16H24N2O3/c1-11(2)18-9-15(21-12(18)3)10-20-14-6-4-13(5-7-14)8-16(17)19/h4-7,11-12,15H,8-10H2,1-3H3,(H2,17,19). The van der Waals surface area contributed by atoms with Crippen molar-refractivity contribution >= 4 is 5.91 Å². The fourth-order valence-electron chi connectivity index (χ4n) is 2.60. The molecular formula is C16H24N2O3. The molecule has 0 aliphatic carbocycles. The molecule has 1 fully saturated rings. The van der Waals surface area contributed by atoms with Crippen LogP contribution in [0.4, 0.5) is 0 Å². The number of rotatable bonds is 6. The number of ether oxygens (including phenoxy) is 2. The number of nitrogens with two attached hydrogens (primary N) is 1. The van der Waals surface area contributed by atoms with Crippen molar-refractivity contribution in [3.63, 3.8) is 0 Å². The maximum absolute atomic E-state index is 10.8. The Labute approximate surface area is 126 Å². The summed E-state index contributed by atoms with van der Waals surface area (Å²) < 4.78 is 11.6. The lowest BCUT2D eigenvalue weighted by Crippen LogP contribution is -2.34. The van der Waals surface area contributed by atoms with Crippen molar-refractivity contribution in [2.45, 2.75) is 45.6 Å². The monoisotopic (exact) mass is 292 g/mol. The molecule has 0 bridgehead atoms. The van der Waals surface area contributed by atoms with Crippen molar-refractivity contribution in [2.75, 3.05) is 13.2 Å². The van der Waals surface area contributed by atoms with Crippen LogP contribution in [-0.4, -0.2) is 42.3 Å². The molecule has 1 aromatic rings. The average Bonchev–Trinajstić information content (AvgIpc) is 2.79. The fourth-order valence-corrected chi connectivity index (χ4v) is 2.60. The van der Waals surface area contributed by atoms with Gasteiger partial charge in [0.05, 0.1) is 6.42 Å². The second-order valence-corrected chi connectivity index (χ2v) is 5.75. The van der Waals surface area contributed by atoms with Crippen molar-refractivity contribution in [3.05, 3.63) is 29.8 Å². The molecule has 1 heterocycles. The molecule has 5 nitrogen and oxygen atoms in total. The normalized spacial score (nSPS) is 22.7. The van der Waals surface area contributed by atoms with Crippen LogP contribution in [0.3, 0.4) is 0 Å². The van der Waals surface area contributed by atoms with Gasteiger partial charge >= 0.3 is 0 Å². The zero-order valence-electron chi connectivity index (χ0n) is 12.9. The molecule has 1 aliphatic rings. The van der Waals surface area contributed by atoms with Crippen molar-refractivity contribution in [3.8, 4) is 5.75 Å². The largest absolute Gasteiger partial charge is 0.491 e. The van der Waals surface area contributed by atoms with E-state index in [2.05, 4.69) is 25.7 Å². The van der Waals surface area contributed by atoms with E-state index >= 15 is 0 Å². The summed E-state index contributed by atoms with van der Waals surface area (Å²) >= 11 is 0. The number of benzene rings is 1. The Morgan fingerprint density at radius 3 is 2.62 bits per heavy atom. The lowest BCUT2D eigenvalue weighted by Gasteiger charge is -2.22. The Hall–Kier alpha value is -1.59. The van der Waals surface area contributed by atoms with Crippen LogP contribution in [-0.2, 0) is 16.0 Å². The smallest absolute Gasteiger partial charge is 0.221 e. The van der Waals surface area contributed by atoms with Gasteiger partial charge in [-0.2, -0.15) is 0 Å². The third-order valence-corrected chi connectivity index (χ3v) is 3.67. The Kier molecular flexibility index (Phi) is 5.20. The number of nitrogens with zero attached hydrogens (tertiary/aromatic N) is 1. The van der Waals surface area contributed by atoms with E-state index < -0.39 is 0 Å². The fraction of sp³-hybridized carbons (Fsp3) is 0.562. The van der Waals surface area contributed by atoms with Gasteiger partial charge in [0.25, 0.3) is 0 Å². The first-order valence-electron chi connectivity index (χ1n) is 7.37. The minimum Gasteiger partial charge on any atom is -0.491 e. The summed E-state index contributed by atoms with van der Waals surface area (Å²) in [4.78, 5) is 13.1. The van der Waals surface area contributed by atoms with Gasteiger partial charge in [0, 0.05) is 12.6 Å². The number of carbonyl (C=O) groups excluding carboxylic acids is 1. The summed E-state index contributed by atoms with van der Waals surface area (Å²) in [6.07, 6.45) is 0.483. The first-order chi connectivity index (χ1) is 9.95. The van der Waals surface area contributed by atoms with E-state index in [9.17, 15) is 4.79 Å². The zero-order valence-corrected chi connectivity index (χ0v) is 12.9. The second-order valence-electron chi connectivity index (χ2n) is 5.75. The summed E-state index contributed by atoms with van der Waals surface area (Å²) in [7, 11) is 0. The molecule has 2 unspecified atom stereocenters. The molecule has 0 aromatic heterocycles. The first-order valence-corrected chi connectivity index (χ1v) is 7.37. The first kappa shape index (κ1) is 15.8. The number of amides is 1. The van der Waals surface area contributed by atoms with Crippen molar-refractivity contribution in [1.29, 1.82) is 0 Å². The average molecular weight is 292 g/mol. The van der Waals surface area contributed by atoms with Gasteiger partial charge in [-0.1, -0.05) is 12.1 Å². The molecule has 1 aromatic carbocycles. The van der Waals surface area contributed by atoms with Crippen LogP contribution >= 0.6 is 0 Å². The lowest BCUT2D eigenvalue weighted by atomic mass is 10.1. The molecule has 2 atom stereocenters. The Bertz CT molecular complexity index is 473. The molecule has 0 radical (unpaired) electrons. The summed E-state index contributed by atoms with van der Waals surface area (Å²) in [5.74, 6) is 0.452. The van der Waals surface area contributed by atoms with Crippen LogP contribution in [0.15, 0.2) is 24.3 Å². The molecule has 21 heavy (non-hydrogen) atoms. The van der Waals surface area contributed by atoms with E-state index in [4.69, 9.17) is 15.2 Å². The van der Waals surface area contributed by atoms with Crippen molar-refractivity contribution in [1.82, 2.24) is 4.90 Å². The number of primary amides is 1. The predicted molar refractivity (Wildman–Crippen MR) is 81.0 cm³/mol.